The number of rotatable bonds is 3. The van der Waals surface area contributed by atoms with Gasteiger partial charge in [0.2, 0.25) is 0 Å². The molecule has 1 rings (SSSR count). The molecule has 0 aliphatic carbocycles. The zero-order valence-electron chi connectivity index (χ0n) is 7.28. The third-order valence-electron chi connectivity index (χ3n) is 1.87. The van der Waals surface area contributed by atoms with E-state index in [-0.39, 0.29) is 6.02 Å². The second-order valence-electron chi connectivity index (χ2n) is 2.34. The molecule has 0 radical (unpaired) electrons. The molecule has 0 unspecified atom stereocenters. The Morgan fingerprint density at radius 1 is 1.56 bits per heavy atom. The van der Waals surface area contributed by atoms with Gasteiger partial charge in [-0.25, -0.2) is 0 Å². The van der Waals surface area contributed by atoms with Crippen molar-refractivity contribution in [2.24, 2.45) is 0 Å². The molecule has 2 nitrogen and oxygen atoms in total. The summed E-state index contributed by atoms with van der Waals surface area (Å²) in [6, 6.07) is -0.288. The maximum absolute atomic E-state index is 7.88. The van der Waals surface area contributed by atoms with Gasteiger partial charge < -0.3 is 5.32 Å². The molecule has 0 amide bonds. The molecule has 1 aliphatic heterocycles. The quantitative estimate of drug-likeness (QED) is 0.589. The van der Waals surface area contributed by atoms with Crippen LogP contribution in [0.1, 0.15) is 15.2 Å². The zero-order chi connectivity index (χ0) is 7.61. The minimum atomic E-state index is -0.288. The van der Waals surface area contributed by atoms with Gasteiger partial charge in [-0.2, -0.15) is 0 Å². The van der Waals surface area contributed by atoms with Crippen molar-refractivity contribution in [2.75, 3.05) is 26.2 Å². The van der Waals surface area contributed by atoms with Crippen LogP contribution in [-0.4, -0.2) is 37.1 Å². The van der Waals surface area contributed by atoms with E-state index in [2.05, 4.69) is 24.1 Å². The van der Waals surface area contributed by atoms with E-state index in [1.807, 2.05) is 0 Å². The van der Waals surface area contributed by atoms with Crippen LogP contribution in [0.4, 0.5) is 0 Å². The standard InChI is InChI=1S/C7H16N2/c1-3-9(4-2)7-5-8-6-7/h7-8H,3-6H2,1-2H3/i7D. The lowest BCUT2D eigenvalue weighted by atomic mass is 10.1. The average molecular weight is 129 g/mol. The van der Waals surface area contributed by atoms with Gasteiger partial charge in [0.15, 0.2) is 0 Å². The van der Waals surface area contributed by atoms with Crippen LogP contribution in [0.15, 0.2) is 0 Å². The molecule has 0 aromatic rings. The van der Waals surface area contributed by atoms with Crippen molar-refractivity contribution in [3.05, 3.63) is 0 Å². The number of hydrogen-bond acceptors (Lipinski definition) is 2. The van der Waals surface area contributed by atoms with Gasteiger partial charge in [0.05, 0.1) is 0 Å². The van der Waals surface area contributed by atoms with Crippen LogP contribution < -0.4 is 5.32 Å². The Bertz CT molecular complexity index is 108. The molecule has 1 aliphatic rings. The summed E-state index contributed by atoms with van der Waals surface area (Å²) in [6.07, 6.45) is 0. The maximum atomic E-state index is 7.88. The van der Waals surface area contributed by atoms with Crippen LogP contribution in [-0.2, 0) is 0 Å². The van der Waals surface area contributed by atoms with Crippen molar-refractivity contribution in [3.8, 4) is 0 Å². The number of nitrogens with zero attached hydrogens (tertiary/aromatic N) is 1. The van der Waals surface area contributed by atoms with Crippen molar-refractivity contribution in [2.45, 2.75) is 19.9 Å². The molecule has 0 saturated carbocycles. The summed E-state index contributed by atoms with van der Waals surface area (Å²) in [5, 5.41) is 3.12. The SMILES string of the molecule is [2H]C1(N(CC)CC)CNC1. The summed E-state index contributed by atoms with van der Waals surface area (Å²) >= 11 is 0. The van der Waals surface area contributed by atoms with Gasteiger partial charge in [-0.15, -0.1) is 0 Å². The molecule has 1 N–H and O–H groups in total. The van der Waals surface area contributed by atoms with E-state index in [0.717, 1.165) is 26.2 Å². The highest BCUT2D eigenvalue weighted by Gasteiger charge is 2.21. The second kappa shape index (κ2) is 3.18. The Balaban J connectivity index is 2.43. The number of likely N-dealkylation sites (N-methyl/N-ethyl adjacent to an activating group) is 1. The molecule has 0 bridgehead atoms. The molecule has 9 heavy (non-hydrogen) atoms. The first-order chi connectivity index (χ1) is 4.73. The molecule has 1 heterocycles. The smallest absolute Gasteiger partial charge is 0.0494 e. The summed E-state index contributed by atoms with van der Waals surface area (Å²) in [4.78, 5) is 2.18. The second-order valence-corrected chi connectivity index (χ2v) is 2.34. The summed E-state index contributed by atoms with van der Waals surface area (Å²) in [5.41, 5.74) is 0. The van der Waals surface area contributed by atoms with Crippen LogP contribution in [0, 0.1) is 0 Å². The highest BCUT2D eigenvalue weighted by molar-refractivity contribution is 4.83. The molecule has 1 saturated heterocycles. The molecule has 1 fully saturated rings. The summed E-state index contributed by atoms with van der Waals surface area (Å²) < 4.78 is 7.88. The van der Waals surface area contributed by atoms with Gasteiger partial charge >= 0.3 is 0 Å². The highest BCUT2D eigenvalue weighted by atomic mass is 15.2. The van der Waals surface area contributed by atoms with Crippen molar-refractivity contribution in [1.29, 1.82) is 0 Å². The lowest BCUT2D eigenvalue weighted by molar-refractivity contribution is 0.161. The van der Waals surface area contributed by atoms with Crippen molar-refractivity contribution < 1.29 is 1.37 Å². The molecular weight excluding hydrogens is 112 g/mol. The normalized spacial score (nSPS) is 25.4. The van der Waals surface area contributed by atoms with Gasteiger partial charge in [-0.3, -0.25) is 4.90 Å². The Labute approximate surface area is 58.6 Å². The van der Waals surface area contributed by atoms with Crippen molar-refractivity contribution in [1.82, 2.24) is 10.2 Å². The van der Waals surface area contributed by atoms with Crippen molar-refractivity contribution in [3.63, 3.8) is 0 Å². The number of nitrogens with one attached hydrogen (secondary N) is 1. The molecule has 0 aromatic heterocycles. The predicted octanol–water partition coefficient (Wildman–Crippen LogP) is 0.300. The van der Waals surface area contributed by atoms with E-state index in [1.165, 1.54) is 0 Å². The summed E-state index contributed by atoms with van der Waals surface area (Å²) in [5.74, 6) is 0. The fourth-order valence-electron chi connectivity index (χ4n) is 1.13. The summed E-state index contributed by atoms with van der Waals surface area (Å²) in [6.45, 7) is 7.85. The minimum absolute atomic E-state index is 0.288. The minimum Gasteiger partial charge on any atom is -0.314 e. The van der Waals surface area contributed by atoms with Gasteiger partial charge in [0.1, 0.15) is 0 Å². The van der Waals surface area contributed by atoms with E-state index in [1.54, 1.807) is 0 Å². The number of hydrogen-bond donors (Lipinski definition) is 1. The van der Waals surface area contributed by atoms with E-state index < -0.39 is 0 Å². The first kappa shape index (κ1) is 5.69. The van der Waals surface area contributed by atoms with E-state index in [0.29, 0.717) is 0 Å². The van der Waals surface area contributed by atoms with Gasteiger partial charge in [0.25, 0.3) is 0 Å². The highest BCUT2D eigenvalue weighted by Crippen LogP contribution is 2.02. The van der Waals surface area contributed by atoms with E-state index in [9.17, 15) is 0 Å². The average Bonchev–Trinajstić information content (AvgIpc) is 1.87. The molecule has 0 spiro atoms. The third-order valence-corrected chi connectivity index (χ3v) is 1.87. The van der Waals surface area contributed by atoms with E-state index in [4.69, 9.17) is 1.37 Å². The monoisotopic (exact) mass is 129 g/mol. The Morgan fingerprint density at radius 3 is 2.22 bits per heavy atom. The Morgan fingerprint density at radius 2 is 2.11 bits per heavy atom. The molecule has 2 heteroatoms. The Hall–Kier alpha value is -0.0800. The first-order valence-electron chi connectivity index (χ1n) is 4.18. The largest absolute Gasteiger partial charge is 0.314 e. The fraction of sp³-hybridized carbons (Fsp3) is 1.00. The predicted molar refractivity (Wildman–Crippen MR) is 39.6 cm³/mol. The third kappa shape index (κ3) is 1.43. The van der Waals surface area contributed by atoms with Crippen LogP contribution in [0.25, 0.3) is 0 Å². The fourth-order valence-corrected chi connectivity index (χ4v) is 1.13. The topological polar surface area (TPSA) is 15.3 Å². The lowest BCUT2D eigenvalue weighted by Gasteiger charge is -2.36. The van der Waals surface area contributed by atoms with Gasteiger partial charge in [-0.1, -0.05) is 13.8 Å². The van der Waals surface area contributed by atoms with E-state index >= 15 is 0 Å². The van der Waals surface area contributed by atoms with Crippen LogP contribution in [0.2, 0.25) is 0 Å². The van der Waals surface area contributed by atoms with Gasteiger partial charge in [-0.05, 0) is 13.1 Å². The lowest BCUT2D eigenvalue weighted by Crippen LogP contribution is -2.56. The van der Waals surface area contributed by atoms with Crippen LogP contribution in [0.5, 0.6) is 0 Å². The molecular formula is C7H16N2. The molecule has 0 atom stereocenters. The summed E-state index contributed by atoms with van der Waals surface area (Å²) in [7, 11) is 0. The maximum Gasteiger partial charge on any atom is 0.0494 e. The Kier molecular flexibility index (Phi) is 2.01. The van der Waals surface area contributed by atoms with Gasteiger partial charge in [0, 0.05) is 20.5 Å². The molecule has 54 valence electrons. The first-order valence-corrected chi connectivity index (χ1v) is 3.68. The zero-order valence-corrected chi connectivity index (χ0v) is 6.28. The molecule has 0 aromatic carbocycles. The van der Waals surface area contributed by atoms with Crippen LogP contribution >= 0.6 is 0 Å². The van der Waals surface area contributed by atoms with Crippen LogP contribution in [0.3, 0.4) is 0 Å². The van der Waals surface area contributed by atoms with Crippen molar-refractivity contribution >= 4 is 0 Å².